The van der Waals surface area contributed by atoms with Crippen LogP contribution in [0.2, 0.25) is 0 Å². The molecule has 4 fully saturated rings. The molecule has 4 aliphatic carbocycles. The first-order valence-electron chi connectivity index (χ1n) is 7.62. The van der Waals surface area contributed by atoms with Crippen LogP contribution >= 0.6 is 0 Å². The number of nitrogens with one attached hydrogen (secondary N) is 2. The van der Waals surface area contributed by atoms with Crippen molar-refractivity contribution in [1.82, 2.24) is 10.6 Å². The van der Waals surface area contributed by atoms with Crippen LogP contribution in [0.25, 0.3) is 0 Å². The van der Waals surface area contributed by atoms with E-state index in [1.54, 1.807) is 7.05 Å². The lowest BCUT2D eigenvalue weighted by molar-refractivity contribution is -0.122. The van der Waals surface area contributed by atoms with Gasteiger partial charge in [0.2, 0.25) is 5.91 Å². The summed E-state index contributed by atoms with van der Waals surface area (Å²) in [7, 11) is 1.71. The van der Waals surface area contributed by atoms with Crippen LogP contribution in [0.3, 0.4) is 0 Å². The summed E-state index contributed by atoms with van der Waals surface area (Å²) in [5, 5.41) is 6.16. The lowest BCUT2D eigenvalue weighted by Gasteiger charge is -2.54. The Morgan fingerprint density at radius 3 is 2.17 bits per heavy atom. The van der Waals surface area contributed by atoms with E-state index >= 15 is 0 Å². The maximum absolute atomic E-state index is 11.5. The summed E-state index contributed by atoms with van der Waals surface area (Å²) in [6.07, 6.45) is 7.38. The van der Waals surface area contributed by atoms with Crippen LogP contribution in [-0.4, -0.2) is 25.5 Å². The summed E-state index contributed by atoms with van der Waals surface area (Å²) >= 11 is 0. The Kier molecular flexibility index (Phi) is 3.35. The first-order valence-corrected chi connectivity index (χ1v) is 7.62. The summed E-state index contributed by atoms with van der Waals surface area (Å²) in [4.78, 5) is 11.5. The summed E-state index contributed by atoms with van der Waals surface area (Å²) in [5.74, 6) is 4.93. The van der Waals surface area contributed by atoms with Crippen molar-refractivity contribution in [3.63, 3.8) is 0 Å². The maximum atomic E-state index is 11.5. The van der Waals surface area contributed by atoms with E-state index < -0.39 is 0 Å². The molecule has 1 unspecified atom stereocenters. The van der Waals surface area contributed by atoms with Crippen LogP contribution in [0, 0.1) is 29.6 Å². The second-order valence-corrected chi connectivity index (χ2v) is 6.84. The molecule has 3 nitrogen and oxygen atoms in total. The smallest absolute Gasteiger partial charge is 0.236 e. The molecule has 4 saturated carbocycles. The minimum Gasteiger partial charge on any atom is -0.358 e. The molecule has 0 aromatic carbocycles. The molecule has 3 heteroatoms. The molecule has 1 atom stereocenters. The molecule has 102 valence electrons. The average Bonchev–Trinajstić information content (AvgIpc) is 2.35. The molecule has 0 aliphatic heterocycles. The molecule has 4 aliphatic rings. The predicted molar refractivity (Wildman–Crippen MR) is 72.1 cm³/mol. The van der Waals surface area contributed by atoms with Gasteiger partial charge in [0.15, 0.2) is 0 Å². The first kappa shape index (κ1) is 12.5. The highest BCUT2D eigenvalue weighted by atomic mass is 16.2. The number of amides is 1. The summed E-state index contributed by atoms with van der Waals surface area (Å²) < 4.78 is 0. The highest BCUT2D eigenvalue weighted by molar-refractivity contribution is 5.80. The van der Waals surface area contributed by atoms with Gasteiger partial charge >= 0.3 is 0 Å². The van der Waals surface area contributed by atoms with Crippen molar-refractivity contribution in [3.8, 4) is 0 Å². The monoisotopic (exact) mass is 250 g/mol. The van der Waals surface area contributed by atoms with Gasteiger partial charge in [-0.3, -0.25) is 4.79 Å². The van der Waals surface area contributed by atoms with Crippen LogP contribution in [0.4, 0.5) is 0 Å². The van der Waals surface area contributed by atoms with Gasteiger partial charge < -0.3 is 10.6 Å². The number of carbonyl (C=O) groups excluding carboxylic acids is 1. The zero-order valence-corrected chi connectivity index (χ0v) is 11.6. The molecule has 4 bridgehead atoms. The topological polar surface area (TPSA) is 41.1 Å². The highest BCUT2D eigenvalue weighted by Gasteiger charge is 2.47. The Bertz CT molecular complexity index is 300. The van der Waals surface area contributed by atoms with Crippen molar-refractivity contribution in [2.75, 3.05) is 13.6 Å². The van der Waals surface area contributed by atoms with Crippen molar-refractivity contribution in [3.05, 3.63) is 0 Å². The summed E-state index contributed by atoms with van der Waals surface area (Å²) in [6.45, 7) is 3.01. The van der Waals surface area contributed by atoms with Gasteiger partial charge in [0.25, 0.3) is 0 Å². The minimum absolute atomic E-state index is 0.0489. The van der Waals surface area contributed by atoms with Crippen LogP contribution in [0.5, 0.6) is 0 Å². The SMILES string of the molecule is CNC(=O)C(C)NCC1C2CC3CC(C2)CC1C3. The van der Waals surface area contributed by atoms with Crippen molar-refractivity contribution in [2.24, 2.45) is 29.6 Å². The van der Waals surface area contributed by atoms with E-state index in [0.717, 1.165) is 36.1 Å². The normalized spacial score (nSPS) is 42.9. The number of hydrogen-bond acceptors (Lipinski definition) is 2. The Labute approximate surface area is 110 Å². The van der Waals surface area contributed by atoms with E-state index in [1.807, 2.05) is 6.92 Å². The average molecular weight is 250 g/mol. The molecule has 0 spiro atoms. The van der Waals surface area contributed by atoms with Gasteiger partial charge in [0.05, 0.1) is 6.04 Å². The van der Waals surface area contributed by atoms with Crippen molar-refractivity contribution in [1.29, 1.82) is 0 Å². The maximum Gasteiger partial charge on any atom is 0.236 e. The molecule has 0 aromatic heterocycles. The third kappa shape index (κ3) is 2.18. The number of carbonyl (C=O) groups is 1. The predicted octanol–water partition coefficient (Wildman–Crippen LogP) is 1.78. The van der Waals surface area contributed by atoms with Crippen LogP contribution < -0.4 is 10.6 Å². The molecule has 0 aromatic rings. The Hall–Kier alpha value is -0.570. The molecule has 2 N–H and O–H groups in total. The lowest BCUT2D eigenvalue weighted by Crippen LogP contribution is -2.51. The third-order valence-electron chi connectivity index (χ3n) is 5.72. The fraction of sp³-hybridized carbons (Fsp3) is 0.933. The van der Waals surface area contributed by atoms with Gasteiger partial charge in [0, 0.05) is 7.05 Å². The third-order valence-corrected chi connectivity index (χ3v) is 5.72. The second-order valence-electron chi connectivity index (χ2n) is 6.84. The van der Waals surface area contributed by atoms with E-state index in [0.29, 0.717) is 0 Å². The van der Waals surface area contributed by atoms with Gasteiger partial charge in [-0.2, -0.15) is 0 Å². The number of likely N-dealkylation sites (N-methyl/N-ethyl adjacent to an activating group) is 1. The Balaban J connectivity index is 1.56. The fourth-order valence-electron chi connectivity index (χ4n) is 4.99. The molecule has 18 heavy (non-hydrogen) atoms. The van der Waals surface area contributed by atoms with Gasteiger partial charge in [0.1, 0.15) is 0 Å². The molecule has 1 amide bonds. The Morgan fingerprint density at radius 2 is 1.67 bits per heavy atom. The Morgan fingerprint density at radius 1 is 1.11 bits per heavy atom. The zero-order valence-electron chi connectivity index (χ0n) is 11.6. The molecular weight excluding hydrogens is 224 g/mol. The minimum atomic E-state index is -0.0489. The molecule has 4 rings (SSSR count). The largest absolute Gasteiger partial charge is 0.358 e. The van der Waals surface area contributed by atoms with Gasteiger partial charge in [-0.1, -0.05) is 0 Å². The van der Waals surface area contributed by atoms with Gasteiger partial charge in [-0.05, 0) is 75.2 Å². The lowest BCUT2D eigenvalue weighted by atomic mass is 9.52. The van der Waals surface area contributed by atoms with Crippen molar-refractivity contribution >= 4 is 5.91 Å². The van der Waals surface area contributed by atoms with E-state index in [2.05, 4.69) is 10.6 Å². The van der Waals surface area contributed by atoms with Crippen LogP contribution in [0.1, 0.15) is 39.0 Å². The quantitative estimate of drug-likeness (QED) is 0.798. The van der Waals surface area contributed by atoms with E-state index in [4.69, 9.17) is 0 Å². The number of hydrogen-bond donors (Lipinski definition) is 2. The van der Waals surface area contributed by atoms with Crippen molar-refractivity contribution in [2.45, 2.75) is 45.1 Å². The number of rotatable bonds is 4. The summed E-state index contributed by atoms with van der Waals surface area (Å²) in [5.41, 5.74) is 0. The van der Waals surface area contributed by atoms with E-state index in [-0.39, 0.29) is 11.9 Å². The molecular formula is C15H26N2O. The molecule has 0 radical (unpaired) electrons. The summed E-state index contributed by atoms with van der Waals surface area (Å²) in [6, 6.07) is -0.0489. The van der Waals surface area contributed by atoms with Crippen LogP contribution in [-0.2, 0) is 4.79 Å². The highest BCUT2D eigenvalue weighted by Crippen LogP contribution is 2.56. The van der Waals surface area contributed by atoms with Gasteiger partial charge in [-0.15, -0.1) is 0 Å². The zero-order chi connectivity index (χ0) is 12.7. The van der Waals surface area contributed by atoms with Gasteiger partial charge in [-0.25, -0.2) is 0 Å². The van der Waals surface area contributed by atoms with E-state index in [1.165, 1.54) is 32.1 Å². The fourth-order valence-corrected chi connectivity index (χ4v) is 4.99. The first-order chi connectivity index (χ1) is 8.67. The van der Waals surface area contributed by atoms with E-state index in [9.17, 15) is 4.79 Å². The van der Waals surface area contributed by atoms with Crippen molar-refractivity contribution < 1.29 is 4.79 Å². The molecule has 0 saturated heterocycles. The molecule has 0 heterocycles. The standard InChI is InChI=1S/C15H26N2O/c1-9(15(18)16-2)17-8-14-12-4-10-3-11(6-12)7-13(14)5-10/h9-14,17H,3-8H2,1-2H3,(H,16,18). The second kappa shape index (κ2) is 4.84. The van der Waals surface area contributed by atoms with Crippen LogP contribution in [0.15, 0.2) is 0 Å².